The predicted octanol–water partition coefficient (Wildman–Crippen LogP) is 6.91. The molecule has 0 fully saturated rings. The van der Waals surface area contributed by atoms with Crippen molar-refractivity contribution in [2.45, 2.75) is 20.5 Å². The van der Waals surface area contributed by atoms with E-state index in [2.05, 4.69) is 4.98 Å². The normalized spacial score (nSPS) is 10.8. The van der Waals surface area contributed by atoms with Crippen LogP contribution in [0.15, 0.2) is 72.8 Å². The van der Waals surface area contributed by atoms with Gasteiger partial charge in [-0.1, -0.05) is 47.5 Å². The highest BCUT2D eigenvalue weighted by Crippen LogP contribution is 2.36. The van der Waals surface area contributed by atoms with Gasteiger partial charge in [0.25, 0.3) is 0 Å². The summed E-state index contributed by atoms with van der Waals surface area (Å²) in [6, 6.07) is 22.2. The summed E-state index contributed by atoms with van der Waals surface area (Å²) >= 11 is 12.6. The summed E-state index contributed by atoms with van der Waals surface area (Å²) in [5.74, 6) is 0.785. The second kappa shape index (κ2) is 10.1. The molecule has 0 bridgehead atoms. The molecule has 33 heavy (non-hydrogen) atoms. The van der Waals surface area contributed by atoms with Crippen LogP contribution in [-0.4, -0.2) is 22.1 Å². The van der Waals surface area contributed by atoms with Gasteiger partial charge < -0.3 is 9.47 Å². The SMILES string of the molecule is CCOC(=O)c1cccc(-n2c(C)ccc2-c2cc(Cl)ccc2OCc2ccccc2Cl)n1. The van der Waals surface area contributed by atoms with Crippen molar-refractivity contribution in [1.29, 1.82) is 0 Å². The Hall–Kier alpha value is -3.28. The van der Waals surface area contributed by atoms with Crippen LogP contribution in [0, 0.1) is 6.92 Å². The molecule has 7 heteroatoms. The van der Waals surface area contributed by atoms with E-state index in [1.165, 1.54) is 0 Å². The Morgan fingerprint density at radius 1 is 1.00 bits per heavy atom. The topological polar surface area (TPSA) is 53.4 Å². The highest BCUT2D eigenvalue weighted by molar-refractivity contribution is 6.31. The molecule has 0 aliphatic carbocycles. The summed E-state index contributed by atoms with van der Waals surface area (Å²) in [5, 5.41) is 1.22. The number of halogens is 2. The second-order valence-corrected chi connectivity index (χ2v) is 8.16. The number of hydrogen-bond donors (Lipinski definition) is 0. The van der Waals surface area contributed by atoms with Gasteiger partial charge >= 0.3 is 5.97 Å². The lowest BCUT2D eigenvalue weighted by atomic mass is 10.1. The van der Waals surface area contributed by atoms with Crippen molar-refractivity contribution < 1.29 is 14.3 Å². The number of rotatable bonds is 7. The molecule has 0 amide bonds. The molecule has 168 valence electrons. The van der Waals surface area contributed by atoms with Gasteiger partial charge in [0, 0.05) is 26.9 Å². The maximum Gasteiger partial charge on any atom is 0.356 e. The van der Waals surface area contributed by atoms with Crippen LogP contribution in [0.4, 0.5) is 0 Å². The zero-order chi connectivity index (χ0) is 23.4. The van der Waals surface area contributed by atoms with Crippen LogP contribution in [0.3, 0.4) is 0 Å². The van der Waals surface area contributed by atoms with Crippen molar-refractivity contribution in [2.24, 2.45) is 0 Å². The molecule has 2 aromatic carbocycles. The quantitative estimate of drug-likeness (QED) is 0.269. The van der Waals surface area contributed by atoms with Crippen molar-refractivity contribution in [3.63, 3.8) is 0 Å². The molecule has 0 spiro atoms. The van der Waals surface area contributed by atoms with E-state index in [0.717, 1.165) is 22.5 Å². The summed E-state index contributed by atoms with van der Waals surface area (Å²) in [5.41, 5.74) is 3.70. The Morgan fingerprint density at radius 2 is 1.82 bits per heavy atom. The molecule has 2 heterocycles. The maximum atomic E-state index is 12.2. The van der Waals surface area contributed by atoms with Gasteiger partial charge in [-0.2, -0.15) is 0 Å². The van der Waals surface area contributed by atoms with Gasteiger partial charge in [-0.15, -0.1) is 0 Å². The monoisotopic (exact) mass is 480 g/mol. The second-order valence-electron chi connectivity index (χ2n) is 7.32. The van der Waals surface area contributed by atoms with Gasteiger partial charge in [0.1, 0.15) is 18.2 Å². The smallest absolute Gasteiger partial charge is 0.356 e. The molecule has 0 saturated heterocycles. The number of benzene rings is 2. The van der Waals surface area contributed by atoms with Crippen molar-refractivity contribution in [1.82, 2.24) is 9.55 Å². The maximum absolute atomic E-state index is 12.2. The molecule has 0 unspecified atom stereocenters. The van der Waals surface area contributed by atoms with Crippen molar-refractivity contribution in [2.75, 3.05) is 6.61 Å². The van der Waals surface area contributed by atoms with Crippen LogP contribution < -0.4 is 4.74 Å². The number of ether oxygens (including phenoxy) is 2. The lowest BCUT2D eigenvalue weighted by molar-refractivity contribution is 0.0519. The van der Waals surface area contributed by atoms with E-state index in [1.54, 1.807) is 25.1 Å². The standard InChI is InChI=1S/C26H22Cl2N2O3/c1-3-32-26(31)22-9-6-10-25(29-22)30-17(2)11-13-23(30)20-15-19(27)12-14-24(20)33-16-18-7-4-5-8-21(18)28/h4-15H,3,16H2,1-2H3. The third kappa shape index (κ3) is 5.05. The number of esters is 1. The molecular weight excluding hydrogens is 459 g/mol. The fourth-order valence-corrected chi connectivity index (χ4v) is 3.88. The summed E-state index contributed by atoms with van der Waals surface area (Å²) < 4.78 is 13.2. The number of carbonyl (C=O) groups is 1. The lowest BCUT2D eigenvalue weighted by Crippen LogP contribution is -2.10. The van der Waals surface area contributed by atoms with E-state index in [-0.39, 0.29) is 12.3 Å². The molecule has 0 aliphatic heterocycles. The highest BCUT2D eigenvalue weighted by atomic mass is 35.5. The fourth-order valence-electron chi connectivity index (χ4n) is 3.52. The summed E-state index contributed by atoms with van der Waals surface area (Å²) in [7, 11) is 0. The van der Waals surface area contributed by atoms with Crippen LogP contribution in [0.25, 0.3) is 17.1 Å². The number of pyridine rings is 1. The van der Waals surface area contributed by atoms with E-state index in [9.17, 15) is 4.79 Å². The molecule has 2 aromatic heterocycles. The minimum Gasteiger partial charge on any atom is -0.488 e. The Kier molecular flexibility index (Phi) is 7.02. The average molecular weight is 481 g/mol. The van der Waals surface area contributed by atoms with Crippen LogP contribution in [0.5, 0.6) is 5.75 Å². The predicted molar refractivity (Wildman–Crippen MR) is 130 cm³/mol. The number of carbonyl (C=O) groups excluding carboxylic acids is 1. The lowest BCUT2D eigenvalue weighted by Gasteiger charge is -2.16. The third-order valence-electron chi connectivity index (χ3n) is 5.08. The molecule has 0 aliphatic rings. The van der Waals surface area contributed by atoms with Gasteiger partial charge in [-0.3, -0.25) is 4.57 Å². The molecular formula is C26H22Cl2N2O3. The Morgan fingerprint density at radius 3 is 2.61 bits per heavy atom. The first-order chi connectivity index (χ1) is 16.0. The molecule has 0 atom stereocenters. The van der Waals surface area contributed by atoms with Gasteiger partial charge in [0.15, 0.2) is 5.69 Å². The third-order valence-corrected chi connectivity index (χ3v) is 5.69. The van der Waals surface area contributed by atoms with Gasteiger partial charge in [-0.25, -0.2) is 9.78 Å². The first kappa shape index (κ1) is 22.9. The van der Waals surface area contributed by atoms with Crippen LogP contribution in [0.1, 0.15) is 28.7 Å². The summed E-state index contributed by atoms with van der Waals surface area (Å²) in [6.45, 7) is 4.33. The number of aromatic nitrogens is 2. The Labute approximate surface area is 202 Å². The average Bonchev–Trinajstić information content (AvgIpc) is 3.20. The Bertz CT molecular complexity index is 1300. The largest absolute Gasteiger partial charge is 0.488 e. The van der Waals surface area contributed by atoms with E-state index in [0.29, 0.717) is 28.2 Å². The fraction of sp³-hybridized carbons (Fsp3) is 0.154. The van der Waals surface area contributed by atoms with E-state index in [4.69, 9.17) is 32.7 Å². The Balaban J connectivity index is 1.74. The summed E-state index contributed by atoms with van der Waals surface area (Å²) in [6.07, 6.45) is 0. The van der Waals surface area contributed by atoms with Crippen molar-refractivity contribution in [3.05, 3.63) is 99.8 Å². The summed E-state index contributed by atoms with van der Waals surface area (Å²) in [4.78, 5) is 16.7. The van der Waals surface area contributed by atoms with Gasteiger partial charge in [0.2, 0.25) is 0 Å². The van der Waals surface area contributed by atoms with Crippen LogP contribution in [0.2, 0.25) is 10.0 Å². The van der Waals surface area contributed by atoms with Gasteiger partial charge in [-0.05, 0) is 62.4 Å². The van der Waals surface area contributed by atoms with E-state index >= 15 is 0 Å². The minimum absolute atomic E-state index is 0.245. The molecule has 5 nitrogen and oxygen atoms in total. The highest BCUT2D eigenvalue weighted by Gasteiger charge is 2.17. The first-order valence-electron chi connectivity index (χ1n) is 10.5. The van der Waals surface area contributed by atoms with E-state index in [1.807, 2.05) is 66.1 Å². The molecule has 0 saturated carbocycles. The van der Waals surface area contributed by atoms with Gasteiger partial charge in [0.05, 0.1) is 12.3 Å². The van der Waals surface area contributed by atoms with Crippen LogP contribution in [-0.2, 0) is 11.3 Å². The zero-order valence-electron chi connectivity index (χ0n) is 18.2. The van der Waals surface area contributed by atoms with Crippen molar-refractivity contribution >= 4 is 29.2 Å². The number of hydrogen-bond acceptors (Lipinski definition) is 4. The zero-order valence-corrected chi connectivity index (χ0v) is 19.7. The number of nitrogens with zero attached hydrogens (tertiary/aromatic N) is 2. The molecule has 0 N–H and O–H groups in total. The molecule has 4 rings (SSSR count). The van der Waals surface area contributed by atoms with Crippen molar-refractivity contribution in [3.8, 4) is 22.8 Å². The molecule has 4 aromatic rings. The van der Waals surface area contributed by atoms with Crippen LogP contribution >= 0.6 is 23.2 Å². The number of aryl methyl sites for hydroxylation is 1. The molecule has 0 radical (unpaired) electrons. The first-order valence-corrected chi connectivity index (χ1v) is 11.2. The minimum atomic E-state index is -0.461. The van der Waals surface area contributed by atoms with E-state index < -0.39 is 5.97 Å².